The number of aliphatic carboxylic acids is 1. The van der Waals surface area contributed by atoms with Gasteiger partial charge in [-0.3, -0.25) is 28.6 Å². The zero-order valence-corrected chi connectivity index (χ0v) is 22.6. The highest BCUT2D eigenvalue weighted by Gasteiger charge is 2.54. The van der Waals surface area contributed by atoms with Gasteiger partial charge < -0.3 is 21.0 Å². The van der Waals surface area contributed by atoms with Crippen LogP contribution in [0.25, 0.3) is 0 Å². The van der Waals surface area contributed by atoms with E-state index >= 15 is 0 Å². The van der Waals surface area contributed by atoms with Crippen LogP contribution in [-0.4, -0.2) is 83.3 Å². The zero-order chi connectivity index (χ0) is 27.7. The van der Waals surface area contributed by atoms with Gasteiger partial charge in [-0.15, -0.1) is 28.2 Å². The van der Waals surface area contributed by atoms with E-state index in [2.05, 4.69) is 25.7 Å². The number of hydrogen-bond donors (Lipinski definition) is 4. The Morgan fingerprint density at radius 1 is 1.39 bits per heavy atom. The van der Waals surface area contributed by atoms with E-state index in [0.717, 1.165) is 28.0 Å². The van der Waals surface area contributed by atoms with Crippen molar-refractivity contribution in [2.75, 3.05) is 24.3 Å². The van der Waals surface area contributed by atoms with Crippen molar-refractivity contribution in [3.8, 4) is 0 Å². The van der Waals surface area contributed by atoms with Crippen molar-refractivity contribution >= 4 is 63.5 Å². The number of nitrogens with one attached hydrogen (secondary N) is 2. The van der Waals surface area contributed by atoms with Crippen LogP contribution in [0.5, 0.6) is 0 Å². The number of carboxylic acid groups (broad SMARTS) is 1. The van der Waals surface area contributed by atoms with Crippen molar-refractivity contribution in [1.82, 2.24) is 30.0 Å². The number of carboxylic acids is 1. The molecule has 5 N–H and O–H groups in total. The molecule has 1 fully saturated rings. The molecule has 2 aliphatic heterocycles. The summed E-state index contributed by atoms with van der Waals surface area (Å²) < 4.78 is 1.22. The molecule has 2 atom stereocenters. The Balaban J connectivity index is 1.53. The maximum Gasteiger partial charge on any atom is 0.352 e. The molecule has 4 heterocycles. The zero-order valence-electron chi connectivity index (χ0n) is 20.2. The molecule has 1 unspecified atom stereocenters. The number of nitrogen functional groups attached to an aromatic ring is 1. The molecule has 4 rings (SSSR count). The van der Waals surface area contributed by atoms with E-state index in [9.17, 15) is 29.1 Å². The minimum absolute atomic E-state index is 0.100. The monoisotopic (exact) mass is 582 g/mol. The predicted molar refractivity (Wildman–Crippen MR) is 140 cm³/mol. The first-order chi connectivity index (χ1) is 18.0. The molecule has 15 nitrogen and oxygen atoms in total. The third-order valence-corrected chi connectivity index (χ3v) is 8.52. The number of aromatic nitrogens is 4. The molecule has 0 spiro atoms. The first kappa shape index (κ1) is 27.4. The number of fused-ring (bicyclic) bond motifs is 1. The Bertz CT molecular complexity index is 1480. The maximum absolute atomic E-state index is 13.0. The van der Waals surface area contributed by atoms with Crippen molar-refractivity contribution in [2.24, 2.45) is 5.16 Å². The normalized spacial score (nSPS) is 19.3. The van der Waals surface area contributed by atoms with Crippen LogP contribution in [0, 0.1) is 0 Å². The van der Waals surface area contributed by atoms with E-state index in [0.29, 0.717) is 5.57 Å². The fourth-order valence-electron chi connectivity index (χ4n) is 3.80. The molecule has 2 aliphatic rings. The van der Waals surface area contributed by atoms with Gasteiger partial charge in [0, 0.05) is 22.9 Å². The third-order valence-electron chi connectivity index (χ3n) is 5.46. The van der Waals surface area contributed by atoms with Crippen LogP contribution >= 0.6 is 34.9 Å². The molecule has 0 radical (unpaired) electrons. The molecular formula is C20H22N8O7S3. The fourth-order valence-corrected chi connectivity index (χ4v) is 6.91. The quantitative estimate of drug-likeness (QED) is 0.0962. The summed E-state index contributed by atoms with van der Waals surface area (Å²) in [5.41, 5.74) is 4.23. The summed E-state index contributed by atoms with van der Waals surface area (Å²) in [6, 6.07) is -1.35. The molecule has 2 aromatic heterocycles. The van der Waals surface area contributed by atoms with Crippen molar-refractivity contribution in [3.63, 3.8) is 0 Å². The number of rotatable bonds is 9. The summed E-state index contributed by atoms with van der Waals surface area (Å²) in [6.07, 6.45) is 0. The second-order valence-corrected chi connectivity index (χ2v) is 11.1. The summed E-state index contributed by atoms with van der Waals surface area (Å²) in [4.78, 5) is 71.8. The van der Waals surface area contributed by atoms with Crippen LogP contribution in [0.4, 0.5) is 5.13 Å². The number of hydrogen-bond acceptors (Lipinski definition) is 13. The molecule has 38 heavy (non-hydrogen) atoms. The van der Waals surface area contributed by atoms with Crippen LogP contribution in [-0.2, 0) is 19.2 Å². The number of nitrogens with two attached hydrogens (primary N) is 1. The number of H-pyrrole nitrogens is 1. The summed E-state index contributed by atoms with van der Waals surface area (Å²) in [5, 5.41) is 23.5. The fraction of sp³-hybridized carbons (Fsp3) is 0.400. The average molecular weight is 583 g/mol. The molecule has 202 valence electrons. The average Bonchev–Trinajstić information content (AvgIpc) is 3.30. The molecule has 0 saturated carbocycles. The van der Waals surface area contributed by atoms with Gasteiger partial charge in [0.05, 0.1) is 0 Å². The topological polar surface area (TPSA) is 215 Å². The van der Waals surface area contributed by atoms with Gasteiger partial charge in [-0.1, -0.05) is 16.9 Å². The van der Waals surface area contributed by atoms with Gasteiger partial charge >= 0.3 is 17.1 Å². The third kappa shape index (κ3) is 5.05. The van der Waals surface area contributed by atoms with Crippen LogP contribution < -0.4 is 22.2 Å². The van der Waals surface area contributed by atoms with Crippen LogP contribution in [0.1, 0.15) is 25.6 Å². The van der Waals surface area contributed by atoms with Gasteiger partial charge in [0.25, 0.3) is 11.8 Å². The first-order valence-electron chi connectivity index (χ1n) is 10.9. The van der Waals surface area contributed by atoms with Crippen LogP contribution in [0.2, 0.25) is 0 Å². The Labute approximate surface area is 226 Å². The molecule has 18 heteroatoms. The highest BCUT2D eigenvalue weighted by atomic mass is 32.2. The maximum atomic E-state index is 13.0. The Kier molecular flexibility index (Phi) is 7.93. The summed E-state index contributed by atoms with van der Waals surface area (Å²) >= 11 is 3.45. The molecule has 1 saturated heterocycles. The number of aromatic amines is 1. The van der Waals surface area contributed by atoms with E-state index in [1.54, 1.807) is 13.8 Å². The van der Waals surface area contributed by atoms with E-state index in [1.165, 1.54) is 28.8 Å². The lowest BCUT2D eigenvalue weighted by Gasteiger charge is -2.49. The van der Waals surface area contributed by atoms with E-state index in [-0.39, 0.29) is 44.9 Å². The van der Waals surface area contributed by atoms with Crippen molar-refractivity contribution in [2.45, 2.75) is 36.5 Å². The van der Waals surface area contributed by atoms with Gasteiger partial charge in [-0.2, -0.15) is 0 Å². The number of carbonyl (C=O) groups excluding carboxylic acids is 2. The molecule has 0 aromatic carbocycles. The summed E-state index contributed by atoms with van der Waals surface area (Å²) in [7, 11) is 1.25. The summed E-state index contributed by atoms with van der Waals surface area (Å²) in [5.74, 6) is -2.30. The second kappa shape index (κ2) is 11.0. The smallest absolute Gasteiger partial charge is 0.352 e. The van der Waals surface area contributed by atoms with Crippen LogP contribution in [0.15, 0.2) is 36.6 Å². The number of thioether (sulfide) groups is 2. The number of oxime groups is 1. The summed E-state index contributed by atoms with van der Waals surface area (Å²) in [6.45, 7) is 3.43. The lowest BCUT2D eigenvalue weighted by atomic mass is 10.0. The van der Waals surface area contributed by atoms with Gasteiger partial charge in [-0.25, -0.2) is 14.9 Å². The molecular weight excluding hydrogens is 560 g/mol. The second-order valence-electron chi connectivity index (χ2n) is 8.20. The highest BCUT2D eigenvalue weighted by molar-refractivity contribution is 8.01. The van der Waals surface area contributed by atoms with Crippen molar-refractivity contribution < 1.29 is 24.3 Å². The number of nitrogens with zero attached hydrogens (tertiary/aromatic N) is 5. The Morgan fingerprint density at radius 3 is 2.74 bits per heavy atom. The Morgan fingerprint density at radius 2 is 2.13 bits per heavy atom. The van der Waals surface area contributed by atoms with Gasteiger partial charge in [0.1, 0.15) is 29.9 Å². The number of thiazole rings is 1. The van der Waals surface area contributed by atoms with Crippen molar-refractivity contribution in [3.05, 3.63) is 43.1 Å². The number of amides is 2. The van der Waals surface area contributed by atoms with Gasteiger partial charge in [0.2, 0.25) is 0 Å². The molecule has 0 bridgehead atoms. The molecule has 2 aromatic rings. The van der Waals surface area contributed by atoms with Gasteiger partial charge in [-0.05, 0) is 19.4 Å². The first-order valence-corrected chi connectivity index (χ1v) is 13.8. The lowest BCUT2D eigenvalue weighted by Crippen LogP contribution is -2.71. The SMILES string of the molecule is CON=C(C(=O)NC1C(=O)N2C(C(=O)O)=C(CSc3n[nH]c(=O)c(=O)n3C(C)C)CS[C@@H]12)c1csc(N)n1. The molecule has 0 aliphatic carbocycles. The predicted octanol–water partition coefficient (Wildman–Crippen LogP) is -0.567. The number of β-lactam (4-membered cyclic amide) rings is 1. The minimum atomic E-state index is -1.31. The minimum Gasteiger partial charge on any atom is -0.477 e. The van der Waals surface area contributed by atoms with E-state index in [1.807, 2.05) is 0 Å². The van der Waals surface area contributed by atoms with Crippen molar-refractivity contribution in [1.29, 1.82) is 0 Å². The number of carbonyl (C=O) groups is 3. The molecule has 2 amide bonds. The van der Waals surface area contributed by atoms with Crippen LogP contribution in [0.3, 0.4) is 0 Å². The largest absolute Gasteiger partial charge is 0.477 e. The van der Waals surface area contributed by atoms with E-state index < -0.39 is 40.3 Å². The lowest BCUT2D eigenvalue weighted by molar-refractivity contribution is -0.150. The van der Waals surface area contributed by atoms with Gasteiger partial charge in [0.15, 0.2) is 16.0 Å². The standard InChI is InChI=1S/C20H22N8O7S3/c1-7(2)27-16(32)14(30)24-25-20(27)38-5-8-4-36-17-11(15(31)28(17)12(8)18(33)34)23-13(29)10(26-35-3)9-6-37-19(21)22-9/h6-7,11,17H,4-5H2,1-3H3,(H2,21,22)(H,23,29)(H,24,30)(H,33,34)/t11?,17-/m0/s1. The highest BCUT2D eigenvalue weighted by Crippen LogP contribution is 2.41. The van der Waals surface area contributed by atoms with E-state index in [4.69, 9.17) is 10.6 Å². The number of anilines is 1. The Hall–Kier alpha value is -3.64.